The van der Waals surface area contributed by atoms with Gasteiger partial charge in [0.25, 0.3) is 0 Å². The van der Waals surface area contributed by atoms with E-state index in [0.717, 1.165) is 0 Å². The first-order valence-corrected chi connectivity index (χ1v) is 6.79. The van der Waals surface area contributed by atoms with Gasteiger partial charge in [-0.25, -0.2) is 4.98 Å². The monoisotopic (exact) mass is 309 g/mol. The van der Waals surface area contributed by atoms with Crippen molar-refractivity contribution >= 4 is 33.1 Å². The summed E-state index contributed by atoms with van der Waals surface area (Å²) in [7, 11) is 3.09. The van der Waals surface area contributed by atoms with Gasteiger partial charge in [-0.3, -0.25) is 0 Å². The van der Waals surface area contributed by atoms with Gasteiger partial charge >= 0.3 is 0 Å². The molecule has 4 aromatic rings. The van der Waals surface area contributed by atoms with E-state index in [9.17, 15) is 4.91 Å². The lowest BCUT2D eigenvalue weighted by Crippen LogP contribution is -1.98. The Labute approximate surface area is 129 Å². The van der Waals surface area contributed by atoms with Crippen LogP contribution in [0.5, 0.6) is 11.5 Å². The molecule has 0 spiro atoms. The lowest BCUT2D eigenvalue weighted by atomic mass is 10.1. The molecule has 0 N–H and O–H groups in total. The van der Waals surface area contributed by atoms with Crippen molar-refractivity contribution in [2.24, 2.45) is 5.18 Å². The average molecular weight is 309 g/mol. The largest absolute Gasteiger partial charge is 0.493 e. The maximum atomic E-state index is 11.4. The number of nitrogens with zero attached hydrogens (tertiary/aromatic N) is 5. The van der Waals surface area contributed by atoms with Crippen molar-refractivity contribution in [3.05, 3.63) is 35.4 Å². The molecule has 4 rings (SSSR count). The number of nitroso groups, excluding NO2 is 1. The van der Waals surface area contributed by atoms with E-state index >= 15 is 0 Å². The van der Waals surface area contributed by atoms with E-state index in [2.05, 4.69) is 20.5 Å². The molecule has 0 aliphatic heterocycles. The predicted octanol–water partition coefficient (Wildman–Crippen LogP) is 2.85. The highest BCUT2D eigenvalue weighted by molar-refractivity contribution is 6.10. The second kappa shape index (κ2) is 4.87. The van der Waals surface area contributed by atoms with Crippen LogP contribution in [0.3, 0.4) is 0 Å². The van der Waals surface area contributed by atoms with Crippen LogP contribution in [0.4, 0.5) is 5.69 Å². The molecule has 0 fully saturated rings. The highest BCUT2D eigenvalue weighted by Gasteiger charge is 2.19. The Bertz CT molecular complexity index is 1070. The van der Waals surface area contributed by atoms with Crippen LogP contribution in [0.25, 0.3) is 27.5 Å². The molecule has 0 saturated heterocycles. The first-order chi connectivity index (χ1) is 11.3. The summed E-state index contributed by atoms with van der Waals surface area (Å²) in [6, 6.07) is 6.99. The quantitative estimate of drug-likeness (QED) is 0.540. The molecule has 0 amide bonds. The number of fused-ring (bicyclic) bond motifs is 5. The maximum absolute atomic E-state index is 11.4. The van der Waals surface area contributed by atoms with Crippen molar-refractivity contribution in [1.82, 2.24) is 19.8 Å². The summed E-state index contributed by atoms with van der Waals surface area (Å²) < 4.78 is 12.1. The van der Waals surface area contributed by atoms with Crippen molar-refractivity contribution in [3.8, 4) is 11.5 Å². The number of hydrogen-bond acceptors (Lipinski definition) is 7. The first-order valence-electron chi connectivity index (χ1n) is 6.79. The number of ether oxygens (including phenoxy) is 2. The standard InChI is InChI=1S/C15H11N5O3/c1-22-11-6-9-10(7-12(11)23-2)17-19-20-14(9)13(18-21)8-4-3-5-16-15(8)20/h3-7H,1-2H3. The predicted molar refractivity (Wildman–Crippen MR) is 84.4 cm³/mol. The zero-order valence-corrected chi connectivity index (χ0v) is 12.3. The van der Waals surface area contributed by atoms with Crippen molar-refractivity contribution in [3.63, 3.8) is 0 Å². The Hall–Kier alpha value is -3.29. The Morgan fingerprint density at radius 2 is 1.91 bits per heavy atom. The Morgan fingerprint density at radius 1 is 1.13 bits per heavy atom. The fraction of sp³-hybridized carbons (Fsp3) is 0.133. The molecule has 23 heavy (non-hydrogen) atoms. The van der Waals surface area contributed by atoms with Crippen LogP contribution in [0.15, 0.2) is 35.6 Å². The van der Waals surface area contributed by atoms with Crippen LogP contribution in [0, 0.1) is 4.91 Å². The third kappa shape index (κ3) is 1.75. The summed E-state index contributed by atoms with van der Waals surface area (Å²) in [5.41, 5.74) is 1.92. The van der Waals surface area contributed by atoms with Gasteiger partial charge in [0.2, 0.25) is 0 Å². The number of benzene rings is 1. The van der Waals surface area contributed by atoms with E-state index < -0.39 is 0 Å². The molecule has 114 valence electrons. The van der Waals surface area contributed by atoms with E-state index in [1.807, 2.05) is 0 Å². The molecular formula is C15H11N5O3. The molecule has 0 saturated carbocycles. The summed E-state index contributed by atoms with van der Waals surface area (Å²) in [5.74, 6) is 1.07. The molecule has 0 aliphatic rings. The van der Waals surface area contributed by atoms with Crippen LogP contribution in [0.1, 0.15) is 0 Å². The van der Waals surface area contributed by atoms with Crippen LogP contribution in [-0.4, -0.2) is 34.0 Å². The molecule has 3 aromatic heterocycles. The molecule has 8 nitrogen and oxygen atoms in total. The second-order valence-electron chi connectivity index (χ2n) is 4.89. The topological polar surface area (TPSA) is 91.0 Å². The van der Waals surface area contributed by atoms with Crippen LogP contribution in [0.2, 0.25) is 0 Å². The molecule has 8 heteroatoms. The minimum absolute atomic E-state index is 0.278. The lowest BCUT2D eigenvalue weighted by Gasteiger charge is -2.09. The zero-order valence-electron chi connectivity index (χ0n) is 12.3. The van der Waals surface area contributed by atoms with Crippen LogP contribution < -0.4 is 9.47 Å². The smallest absolute Gasteiger partial charge is 0.165 e. The number of pyridine rings is 1. The van der Waals surface area contributed by atoms with Crippen LogP contribution in [-0.2, 0) is 0 Å². The number of rotatable bonds is 3. The van der Waals surface area contributed by atoms with Gasteiger partial charge in [0.1, 0.15) is 16.7 Å². The second-order valence-corrected chi connectivity index (χ2v) is 4.89. The Morgan fingerprint density at radius 3 is 2.65 bits per heavy atom. The summed E-state index contributed by atoms with van der Waals surface area (Å²) in [4.78, 5) is 15.7. The molecule has 1 aromatic carbocycles. The SMILES string of the molecule is COc1cc2nnn3c4ncccc4c(N=O)c3c2cc1OC. The van der Waals surface area contributed by atoms with Gasteiger partial charge in [-0.2, -0.15) is 4.52 Å². The molecule has 0 unspecified atom stereocenters. The summed E-state index contributed by atoms with van der Waals surface area (Å²) in [5, 5.41) is 12.8. The van der Waals surface area contributed by atoms with E-state index in [-0.39, 0.29) is 5.69 Å². The minimum Gasteiger partial charge on any atom is -0.493 e. The fourth-order valence-electron chi connectivity index (χ4n) is 2.74. The van der Waals surface area contributed by atoms with Crippen molar-refractivity contribution < 1.29 is 9.47 Å². The van der Waals surface area contributed by atoms with Crippen LogP contribution >= 0.6 is 0 Å². The summed E-state index contributed by atoms with van der Waals surface area (Å²) in [6.07, 6.45) is 1.63. The van der Waals surface area contributed by atoms with Gasteiger partial charge in [0, 0.05) is 17.6 Å². The van der Waals surface area contributed by atoms with Gasteiger partial charge in [0.05, 0.1) is 19.6 Å². The third-order valence-corrected chi connectivity index (χ3v) is 3.77. The summed E-state index contributed by atoms with van der Waals surface area (Å²) >= 11 is 0. The molecular weight excluding hydrogens is 298 g/mol. The van der Waals surface area contributed by atoms with E-state index in [1.54, 1.807) is 44.7 Å². The van der Waals surface area contributed by atoms with E-state index in [1.165, 1.54) is 4.52 Å². The van der Waals surface area contributed by atoms with E-state index in [4.69, 9.17) is 9.47 Å². The van der Waals surface area contributed by atoms with Crippen molar-refractivity contribution in [2.45, 2.75) is 0 Å². The molecule has 3 heterocycles. The van der Waals surface area contributed by atoms with Crippen molar-refractivity contribution in [1.29, 1.82) is 0 Å². The lowest BCUT2D eigenvalue weighted by molar-refractivity contribution is 0.355. The maximum Gasteiger partial charge on any atom is 0.165 e. The van der Waals surface area contributed by atoms with E-state index in [0.29, 0.717) is 39.0 Å². The first kappa shape index (κ1) is 13.4. The Balaban J connectivity index is 2.26. The van der Waals surface area contributed by atoms with Gasteiger partial charge in [-0.1, -0.05) is 5.21 Å². The molecule has 0 aliphatic carbocycles. The van der Waals surface area contributed by atoms with Gasteiger partial charge < -0.3 is 9.47 Å². The van der Waals surface area contributed by atoms with Gasteiger partial charge in [-0.05, 0) is 23.4 Å². The fourth-order valence-corrected chi connectivity index (χ4v) is 2.74. The number of hydrogen-bond donors (Lipinski definition) is 0. The zero-order chi connectivity index (χ0) is 16.0. The van der Waals surface area contributed by atoms with Crippen molar-refractivity contribution in [2.75, 3.05) is 14.2 Å². The third-order valence-electron chi connectivity index (χ3n) is 3.77. The molecule has 0 atom stereocenters. The normalized spacial score (nSPS) is 11.2. The minimum atomic E-state index is 0.278. The summed E-state index contributed by atoms with van der Waals surface area (Å²) in [6.45, 7) is 0. The number of methoxy groups -OCH3 is 2. The average Bonchev–Trinajstić information content (AvgIpc) is 2.94. The Kier molecular flexibility index (Phi) is 2.83. The van der Waals surface area contributed by atoms with Gasteiger partial charge in [-0.15, -0.1) is 10.0 Å². The van der Waals surface area contributed by atoms with Gasteiger partial charge in [0.15, 0.2) is 17.1 Å². The molecule has 0 radical (unpaired) electrons. The highest BCUT2D eigenvalue weighted by Crippen LogP contribution is 2.39. The number of aromatic nitrogens is 4. The highest BCUT2D eigenvalue weighted by atomic mass is 16.5. The molecule has 0 bridgehead atoms.